The molecule has 24 heavy (non-hydrogen) atoms. The molecule has 0 aromatic heterocycles. The predicted molar refractivity (Wildman–Crippen MR) is 103 cm³/mol. The van der Waals surface area contributed by atoms with Gasteiger partial charge in [0.15, 0.2) is 0 Å². The highest BCUT2D eigenvalue weighted by Gasteiger charge is 2.22. The van der Waals surface area contributed by atoms with Crippen LogP contribution >= 0.6 is 27.7 Å². The van der Waals surface area contributed by atoms with E-state index in [0.717, 1.165) is 15.5 Å². The quantitative estimate of drug-likeness (QED) is 0.713. The molecule has 0 unspecified atom stereocenters. The van der Waals surface area contributed by atoms with Crippen LogP contribution in [0.5, 0.6) is 0 Å². The molecule has 2 aromatic carbocycles. The Bertz CT molecular complexity index is 841. The summed E-state index contributed by atoms with van der Waals surface area (Å²) in [6.07, 6.45) is 3.02. The van der Waals surface area contributed by atoms with Crippen molar-refractivity contribution in [2.75, 3.05) is 28.7 Å². The molecule has 1 amide bonds. The van der Waals surface area contributed by atoms with Gasteiger partial charge in [0.25, 0.3) is 0 Å². The van der Waals surface area contributed by atoms with Gasteiger partial charge in [0.2, 0.25) is 15.9 Å². The summed E-state index contributed by atoms with van der Waals surface area (Å²) in [6, 6.07) is 14.3. The Morgan fingerprint density at radius 3 is 2.54 bits per heavy atom. The number of anilines is 2. The predicted octanol–water partition coefficient (Wildman–Crippen LogP) is 3.58. The van der Waals surface area contributed by atoms with Crippen LogP contribution in [0.15, 0.2) is 57.9 Å². The van der Waals surface area contributed by atoms with E-state index in [2.05, 4.69) is 21.2 Å². The Kier molecular flexibility index (Phi) is 6.31. The first-order chi connectivity index (χ1) is 11.3. The number of para-hydroxylation sites is 1. The Morgan fingerprint density at radius 2 is 1.92 bits per heavy atom. The van der Waals surface area contributed by atoms with Crippen LogP contribution in [-0.4, -0.2) is 33.4 Å². The number of rotatable bonds is 6. The molecule has 128 valence electrons. The smallest absolute Gasteiger partial charge is 0.245 e. The van der Waals surface area contributed by atoms with E-state index in [1.807, 2.05) is 24.5 Å². The number of hydrogen-bond acceptors (Lipinski definition) is 4. The van der Waals surface area contributed by atoms with E-state index in [-0.39, 0.29) is 6.54 Å². The molecule has 0 aliphatic heterocycles. The summed E-state index contributed by atoms with van der Waals surface area (Å²) >= 11 is 4.89. The van der Waals surface area contributed by atoms with Crippen LogP contribution in [-0.2, 0) is 14.8 Å². The second-order valence-corrected chi connectivity index (χ2v) is 8.64. The maximum Gasteiger partial charge on any atom is 0.245 e. The van der Waals surface area contributed by atoms with Crippen molar-refractivity contribution in [3.63, 3.8) is 0 Å². The molecule has 0 fully saturated rings. The second kappa shape index (κ2) is 8.04. The second-order valence-electron chi connectivity index (χ2n) is 5.00. The number of halogens is 1. The van der Waals surface area contributed by atoms with Gasteiger partial charge in [-0.25, -0.2) is 8.42 Å². The van der Waals surface area contributed by atoms with Crippen molar-refractivity contribution < 1.29 is 13.2 Å². The van der Waals surface area contributed by atoms with Gasteiger partial charge in [0, 0.05) is 15.1 Å². The average molecular weight is 429 g/mol. The van der Waals surface area contributed by atoms with Gasteiger partial charge in [0.05, 0.1) is 11.9 Å². The molecule has 5 nitrogen and oxygen atoms in total. The Balaban J connectivity index is 2.21. The molecule has 0 heterocycles. The fourth-order valence-electron chi connectivity index (χ4n) is 2.07. The Hall–Kier alpha value is -1.51. The maximum absolute atomic E-state index is 12.3. The third-order valence-corrected chi connectivity index (χ3v) is 5.68. The number of amides is 1. The zero-order valence-corrected chi connectivity index (χ0v) is 16.4. The first kappa shape index (κ1) is 18.8. The van der Waals surface area contributed by atoms with Gasteiger partial charge >= 0.3 is 0 Å². The average Bonchev–Trinajstić information content (AvgIpc) is 2.52. The van der Waals surface area contributed by atoms with Crippen molar-refractivity contribution in [1.82, 2.24) is 0 Å². The number of thioether (sulfide) groups is 1. The Labute approximate surface area is 154 Å². The molecular weight excluding hydrogens is 412 g/mol. The normalized spacial score (nSPS) is 11.1. The number of sulfonamides is 1. The van der Waals surface area contributed by atoms with E-state index < -0.39 is 15.9 Å². The molecule has 2 aromatic rings. The van der Waals surface area contributed by atoms with E-state index in [9.17, 15) is 13.2 Å². The van der Waals surface area contributed by atoms with Gasteiger partial charge in [-0.15, -0.1) is 11.8 Å². The minimum Gasteiger partial charge on any atom is -0.324 e. The summed E-state index contributed by atoms with van der Waals surface area (Å²) in [5.41, 5.74) is 1.06. The van der Waals surface area contributed by atoms with Gasteiger partial charge in [-0.05, 0) is 52.5 Å². The first-order valence-corrected chi connectivity index (χ1v) is 10.8. The maximum atomic E-state index is 12.3. The van der Waals surface area contributed by atoms with Crippen LogP contribution in [0.3, 0.4) is 0 Å². The topological polar surface area (TPSA) is 66.5 Å². The highest BCUT2D eigenvalue weighted by molar-refractivity contribution is 9.10. The molecule has 0 radical (unpaired) electrons. The number of benzene rings is 2. The van der Waals surface area contributed by atoms with Crippen LogP contribution in [0.2, 0.25) is 0 Å². The summed E-state index contributed by atoms with van der Waals surface area (Å²) < 4.78 is 25.9. The van der Waals surface area contributed by atoms with Crippen molar-refractivity contribution >= 4 is 55.0 Å². The lowest BCUT2D eigenvalue weighted by Gasteiger charge is -2.23. The zero-order chi connectivity index (χ0) is 17.7. The lowest BCUT2D eigenvalue weighted by Crippen LogP contribution is -2.37. The van der Waals surface area contributed by atoms with E-state index >= 15 is 0 Å². The minimum absolute atomic E-state index is 0.301. The van der Waals surface area contributed by atoms with Crippen molar-refractivity contribution in [3.05, 3.63) is 53.0 Å². The fourth-order valence-corrected chi connectivity index (χ4v) is 4.01. The highest BCUT2D eigenvalue weighted by Crippen LogP contribution is 2.27. The van der Waals surface area contributed by atoms with Crippen LogP contribution in [0.25, 0.3) is 0 Å². The summed E-state index contributed by atoms with van der Waals surface area (Å²) in [5.74, 6) is -0.408. The standard InChI is InChI=1S/C16H17BrN2O3S2/c1-23-13-7-5-6-12(10-13)18-16(20)11-19(24(2,21)22)15-9-4-3-8-14(15)17/h3-10H,11H2,1-2H3,(H,18,20). The van der Waals surface area contributed by atoms with Crippen molar-refractivity contribution in [3.8, 4) is 0 Å². The monoisotopic (exact) mass is 428 g/mol. The molecule has 0 aliphatic rings. The molecule has 0 atom stereocenters. The Morgan fingerprint density at radius 1 is 1.21 bits per heavy atom. The number of carbonyl (C=O) groups excluding carboxylic acids is 1. The molecule has 0 spiro atoms. The molecule has 0 aliphatic carbocycles. The summed E-state index contributed by atoms with van der Waals surface area (Å²) in [5, 5.41) is 2.73. The SMILES string of the molecule is CSc1cccc(NC(=O)CN(c2ccccc2Br)S(C)(=O)=O)c1. The number of nitrogens with one attached hydrogen (secondary N) is 1. The molecular formula is C16H17BrN2O3S2. The molecule has 8 heteroatoms. The first-order valence-electron chi connectivity index (χ1n) is 6.97. The van der Waals surface area contributed by atoms with E-state index in [4.69, 9.17) is 0 Å². The fraction of sp³-hybridized carbons (Fsp3) is 0.188. The van der Waals surface area contributed by atoms with E-state index in [1.54, 1.807) is 42.1 Å². The third-order valence-electron chi connectivity index (χ3n) is 3.16. The summed E-state index contributed by atoms with van der Waals surface area (Å²) in [4.78, 5) is 13.3. The van der Waals surface area contributed by atoms with Crippen LogP contribution < -0.4 is 9.62 Å². The van der Waals surface area contributed by atoms with Crippen LogP contribution in [0, 0.1) is 0 Å². The lowest BCUT2D eigenvalue weighted by atomic mass is 10.3. The molecule has 0 saturated carbocycles. The number of carbonyl (C=O) groups is 1. The van der Waals surface area contributed by atoms with Crippen molar-refractivity contribution in [2.24, 2.45) is 0 Å². The summed E-state index contributed by atoms with van der Waals surface area (Å²) in [6.45, 7) is -0.301. The van der Waals surface area contributed by atoms with Crippen molar-refractivity contribution in [1.29, 1.82) is 0 Å². The van der Waals surface area contributed by atoms with Crippen LogP contribution in [0.4, 0.5) is 11.4 Å². The van der Waals surface area contributed by atoms with Gasteiger partial charge in [-0.1, -0.05) is 18.2 Å². The highest BCUT2D eigenvalue weighted by atomic mass is 79.9. The minimum atomic E-state index is -3.60. The van der Waals surface area contributed by atoms with E-state index in [0.29, 0.717) is 15.8 Å². The molecule has 0 saturated heterocycles. The number of nitrogens with zero attached hydrogens (tertiary/aromatic N) is 1. The van der Waals surface area contributed by atoms with Gasteiger partial charge in [-0.2, -0.15) is 0 Å². The number of hydrogen-bond donors (Lipinski definition) is 1. The molecule has 0 bridgehead atoms. The van der Waals surface area contributed by atoms with Gasteiger partial charge < -0.3 is 5.32 Å². The van der Waals surface area contributed by atoms with Crippen LogP contribution in [0.1, 0.15) is 0 Å². The molecule has 1 N–H and O–H groups in total. The van der Waals surface area contributed by atoms with Gasteiger partial charge in [0.1, 0.15) is 6.54 Å². The largest absolute Gasteiger partial charge is 0.324 e. The molecule has 2 rings (SSSR count). The zero-order valence-electron chi connectivity index (χ0n) is 13.2. The van der Waals surface area contributed by atoms with Crippen molar-refractivity contribution in [2.45, 2.75) is 4.90 Å². The lowest BCUT2D eigenvalue weighted by molar-refractivity contribution is -0.114. The van der Waals surface area contributed by atoms with E-state index in [1.165, 1.54) is 0 Å². The van der Waals surface area contributed by atoms with Gasteiger partial charge in [-0.3, -0.25) is 9.10 Å². The third kappa shape index (κ3) is 4.99. The summed E-state index contributed by atoms with van der Waals surface area (Å²) in [7, 11) is -3.60.